The third-order valence-corrected chi connectivity index (χ3v) is 6.59. The predicted octanol–water partition coefficient (Wildman–Crippen LogP) is 6.48. The second kappa shape index (κ2) is 8.93. The average molecular weight is 526 g/mol. The van der Waals surface area contributed by atoms with Crippen LogP contribution in [0.2, 0.25) is 0 Å². The number of aryl methyl sites for hydroxylation is 2. The summed E-state index contributed by atoms with van der Waals surface area (Å²) >= 11 is 3.82. The Balaban J connectivity index is 1.71. The van der Waals surface area contributed by atoms with Crippen LogP contribution in [-0.2, 0) is 0 Å². The van der Waals surface area contributed by atoms with E-state index >= 15 is 0 Å². The fourth-order valence-electron chi connectivity index (χ4n) is 3.04. The number of nitrogens with one attached hydrogen (secondary N) is 1. The number of thiazole rings is 1. The molecule has 5 nitrogen and oxygen atoms in total. The SMILES string of the molecule is Cc1ccc(NC(=O)c2ccc(C)c(N(c3ccncc3)c3nccs3)c2)cc1I. The molecule has 1 N–H and O–H groups in total. The molecule has 2 aromatic heterocycles. The molecule has 0 saturated carbocycles. The van der Waals surface area contributed by atoms with E-state index in [1.807, 2.05) is 72.7 Å². The Morgan fingerprint density at radius 1 is 1.00 bits per heavy atom. The van der Waals surface area contributed by atoms with Crippen LogP contribution >= 0.6 is 33.9 Å². The average Bonchev–Trinajstić information content (AvgIpc) is 3.27. The van der Waals surface area contributed by atoms with Gasteiger partial charge in [-0.05, 0) is 84.0 Å². The monoisotopic (exact) mass is 526 g/mol. The third-order valence-electron chi connectivity index (χ3n) is 4.67. The van der Waals surface area contributed by atoms with Crippen molar-refractivity contribution in [3.05, 3.63) is 92.8 Å². The Morgan fingerprint density at radius 2 is 1.77 bits per heavy atom. The van der Waals surface area contributed by atoms with Crippen LogP contribution in [0.25, 0.3) is 0 Å². The number of rotatable bonds is 5. The predicted molar refractivity (Wildman–Crippen MR) is 131 cm³/mol. The van der Waals surface area contributed by atoms with E-state index in [0.29, 0.717) is 5.56 Å². The standard InChI is InChI=1S/C23H19IN4OS/c1-15-4-6-18(14-20(15)24)27-22(29)17-5-3-16(2)21(13-17)28(23-26-11-12-30-23)19-7-9-25-10-8-19/h3-14H,1-2H3,(H,27,29). The Labute approximate surface area is 193 Å². The number of benzene rings is 2. The number of amides is 1. The molecule has 4 aromatic rings. The van der Waals surface area contributed by atoms with Crippen LogP contribution in [0.3, 0.4) is 0 Å². The van der Waals surface area contributed by atoms with Crippen LogP contribution in [0.4, 0.5) is 22.2 Å². The van der Waals surface area contributed by atoms with Crippen LogP contribution in [0, 0.1) is 17.4 Å². The molecule has 0 radical (unpaired) electrons. The summed E-state index contributed by atoms with van der Waals surface area (Å²) in [5.41, 5.74) is 5.44. The zero-order valence-electron chi connectivity index (χ0n) is 16.5. The zero-order chi connectivity index (χ0) is 21.1. The van der Waals surface area contributed by atoms with Gasteiger partial charge in [0.25, 0.3) is 5.91 Å². The van der Waals surface area contributed by atoms with Crippen molar-refractivity contribution in [2.75, 3.05) is 10.2 Å². The molecule has 30 heavy (non-hydrogen) atoms. The second-order valence-electron chi connectivity index (χ2n) is 6.77. The fourth-order valence-corrected chi connectivity index (χ4v) is 4.23. The van der Waals surface area contributed by atoms with Gasteiger partial charge in [0.1, 0.15) is 0 Å². The number of nitrogens with zero attached hydrogens (tertiary/aromatic N) is 3. The van der Waals surface area contributed by atoms with E-state index in [4.69, 9.17) is 0 Å². The lowest BCUT2D eigenvalue weighted by Crippen LogP contribution is -2.15. The first-order chi connectivity index (χ1) is 14.5. The maximum Gasteiger partial charge on any atom is 0.255 e. The first-order valence-corrected chi connectivity index (χ1v) is 11.3. The van der Waals surface area contributed by atoms with E-state index in [0.717, 1.165) is 31.3 Å². The highest BCUT2D eigenvalue weighted by Crippen LogP contribution is 2.37. The highest BCUT2D eigenvalue weighted by molar-refractivity contribution is 14.1. The van der Waals surface area contributed by atoms with Crippen LogP contribution in [0.15, 0.2) is 72.5 Å². The molecule has 0 spiro atoms. The van der Waals surface area contributed by atoms with Crippen LogP contribution in [0.1, 0.15) is 21.5 Å². The van der Waals surface area contributed by atoms with E-state index in [1.165, 1.54) is 5.56 Å². The quantitative estimate of drug-likeness (QED) is 0.303. The molecule has 2 heterocycles. The number of anilines is 4. The van der Waals surface area contributed by atoms with Crippen molar-refractivity contribution >= 4 is 62.0 Å². The smallest absolute Gasteiger partial charge is 0.255 e. The molecule has 0 aliphatic rings. The van der Waals surface area contributed by atoms with Gasteiger partial charge in [0.05, 0.1) is 11.4 Å². The van der Waals surface area contributed by atoms with E-state index in [9.17, 15) is 4.79 Å². The number of halogens is 1. The lowest BCUT2D eigenvalue weighted by atomic mass is 10.1. The van der Waals surface area contributed by atoms with Gasteiger partial charge in [-0.1, -0.05) is 12.1 Å². The number of pyridine rings is 1. The first kappa shape index (κ1) is 20.5. The summed E-state index contributed by atoms with van der Waals surface area (Å²) in [5, 5.41) is 5.77. The van der Waals surface area contributed by atoms with Crippen LogP contribution in [0.5, 0.6) is 0 Å². The van der Waals surface area contributed by atoms with Crippen LogP contribution in [-0.4, -0.2) is 15.9 Å². The van der Waals surface area contributed by atoms with Gasteiger partial charge in [-0.2, -0.15) is 0 Å². The van der Waals surface area contributed by atoms with E-state index in [1.54, 1.807) is 29.9 Å². The minimum absolute atomic E-state index is 0.148. The van der Waals surface area contributed by atoms with E-state index < -0.39 is 0 Å². The van der Waals surface area contributed by atoms with Crippen molar-refractivity contribution in [3.8, 4) is 0 Å². The summed E-state index contributed by atoms with van der Waals surface area (Å²) in [6.07, 6.45) is 5.28. The Bertz CT molecular complexity index is 1180. The third kappa shape index (κ3) is 4.36. The molecule has 0 aliphatic heterocycles. The molecule has 0 fully saturated rings. The number of aromatic nitrogens is 2. The molecule has 0 unspecified atom stereocenters. The summed E-state index contributed by atoms with van der Waals surface area (Å²) < 4.78 is 1.11. The van der Waals surface area contributed by atoms with Crippen molar-refractivity contribution < 1.29 is 4.79 Å². The van der Waals surface area contributed by atoms with E-state index in [-0.39, 0.29) is 5.91 Å². The summed E-state index contributed by atoms with van der Waals surface area (Å²) in [5.74, 6) is -0.148. The fraction of sp³-hybridized carbons (Fsp3) is 0.0870. The molecule has 4 rings (SSSR count). The van der Waals surface area contributed by atoms with Gasteiger partial charge in [0.15, 0.2) is 5.13 Å². The molecule has 0 saturated heterocycles. The van der Waals surface area contributed by atoms with Crippen molar-refractivity contribution in [1.82, 2.24) is 9.97 Å². The highest BCUT2D eigenvalue weighted by atomic mass is 127. The van der Waals surface area contributed by atoms with Gasteiger partial charge in [-0.15, -0.1) is 11.3 Å². The Hall–Kier alpha value is -2.78. The van der Waals surface area contributed by atoms with E-state index in [2.05, 4.69) is 37.9 Å². The summed E-state index contributed by atoms with van der Waals surface area (Å²) in [6.45, 7) is 4.08. The van der Waals surface area contributed by atoms with Crippen molar-refractivity contribution in [2.24, 2.45) is 0 Å². The van der Waals surface area contributed by atoms with Crippen molar-refractivity contribution in [3.63, 3.8) is 0 Å². The minimum Gasteiger partial charge on any atom is -0.322 e. The highest BCUT2D eigenvalue weighted by Gasteiger charge is 2.18. The normalized spacial score (nSPS) is 10.6. The Morgan fingerprint density at radius 3 is 2.47 bits per heavy atom. The van der Waals surface area contributed by atoms with Gasteiger partial charge < -0.3 is 5.32 Å². The maximum absolute atomic E-state index is 13.0. The Kier molecular flexibility index (Phi) is 6.10. The largest absolute Gasteiger partial charge is 0.322 e. The van der Waals surface area contributed by atoms with Crippen LogP contribution < -0.4 is 10.2 Å². The molecule has 0 aliphatic carbocycles. The van der Waals surface area contributed by atoms with Gasteiger partial charge in [0.2, 0.25) is 0 Å². The summed E-state index contributed by atoms with van der Waals surface area (Å²) in [4.78, 5) is 23.6. The van der Waals surface area contributed by atoms with Gasteiger partial charge in [-0.3, -0.25) is 14.7 Å². The number of carbonyl (C=O) groups is 1. The minimum atomic E-state index is -0.148. The molecule has 7 heteroatoms. The zero-order valence-corrected chi connectivity index (χ0v) is 19.4. The van der Waals surface area contributed by atoms with Gasteiger partial charge in [0, 0.05) is 38.8 Å². The number of carbonyl (C=O) groups excluding carboxylic acids is 1. The molecule has 0 atom stereocenters. The van der Waals surface area contributed by atoms with Crippen molar-refractivity contribution in [1.29, 1.82) is 0 Å². The lowest BCUT2D eigenvalue weighted by Gasteiger charge is -2.24. The molecular weight excluding hydrogens is 507 g/mol. The molecule has 2 aromatic carbocycles. The van der Waals surface area contributed by atoms with Gasteiger partial charge in [-0.25, -0.2) is 4.98 Å². The molecule has 1 amide bonds. The lowest BCUT2D eigenvalue weighted by molar-refractivity contribution is 0.102. The summed E-state index contributed by atoms with van der Waals surface area (Å²) in [7, 11) is 0. The van der Waals surface area contributed by atoms with Gasteiger partial charge >= 0.3 is 0 Å². The molecule has 0 bridgehead atoms. The molecular formula is C23H19IN4OS. The maximum atomic E-state index is 13.0. The molecule has 150 valence electrons. The second-order valence-corrected chi connectivity index (χ2v) is 8.81. The first-order valence-electron chi connectivity index (χ1n) is 9.31. The number of hydrogen-bond acceptors (Lipinski definition) is 5. The topological polar surface area (TPSA) is 58.1 Å². The van der Waals surface area contributed by atoms with Crippen molar-refractivity contribution in [2.45, 2.75) is 13.8 Å². The number of hydrogen-bond donors (Lipinski definition) is 1. The summed E-state index contributed by atoms with van der Waals surface area (Å²) in [6, 6.07) is 15.5.